The van der Waals surface area contributed by atoms with Crippen LogP contribution in [0.5, 0.6) is 0 Å². The van der Waals surface area contributed by atoms with E-state index in [1.165, 1.54) is 11.3 Å². The number of ether oxygens (including phenoxy) is 2. The van der Waals surface area contributed by atoms with E-state index < -0.39 is 0 Å². The van der Waals surface area contributed by atoms with Gasteiger partial charge in [0.25, 0.3) is 0 Å². The van der Waals surface area contributed by atoms with Crippen molar-refractivity contribution in [3.05, 3.63) is 29.8 Å². The van der Waals surface area contributed by atoms with E-state index in [2.05, 4.69) is 41.4 Å². The average Bonchev–Trinajstić information content (AvgIpc) is 2.50. The molecule has 0 radical (unpaired) electrons. The van der Waals surface area contributed by atoms with Crippen LogP contribution in [0.1, 0.15) is 18.9 Å². The number of hydrogen-bond acceptors (Lipinski definition) is 4. The predicted octanol–water partition coefficient (Wildman–Crippen LogP) is 2.36. The summed E-state index contributed by atoms with van der Waals surface area (Å²) in [5.74, 6) is 0. The first-order chi connectivity index (χ1) is 9.81. The second-order valence-corrected chi connectivity index (χ2v) is 5.29. The van der Waals surface area contributed by atoms with Gasteiger partial charge in [-0.1, -0.05) is 19.1 Å². The summed E-state index contributed by atoms with van der Waals surface area (Å²) in [5.41, 5.74) is 2.52. The maximum absolute atomic E-state index is 5.37. The molecule has 0 bridgehead atoms. The van der Waals surface area contributed by atoms with Gasteiger partial charge in [0, 0.05) is 38.5 Å². The maximum atomic E-state index is 5.37. The van der Waals surface area contributed by atoms with Crippen LogP contribution in [0.25, 0.3) is 0 Å². The number of nitrogens with one attached hydrogen (secondary N) is 1. The lowest BCUT2D eigenvalue weighted by Crippen LogP contribution is -2.35. The molecule has 112 valence electrons. The van der Waals surface area contributed by atoms with Crippen molar-refractivity contribution in [3.8, 4) is 0 Å². The third kappa shape index (κ3) is 4.78. The zero-order valence-electron chi connectivity index (χ0n) is 12.6. The Hall–Kier alpha value is -1.10. The number of hydrogen-bond donors (Lipinski definition) is 1. The first kappa shape index (κ1) is 15.3. The van der Waals surface area contributed by atoms with Gasteiger partial charge in [-0.15, -0.1) is 0 Å². The Morgan fingerprint density at radius 3 is 2.55 bits per heavy atom. The summed E-state index contributed by atoms with van der Waals surface area (Å²) in [4.78, 5) is 2.44. The topological polar surface area (TPSA) is 33.7 Å². The first-order valence-electron chi connectivity index (χ1n) is 7.46. The SMILES string of the molecule is CCC(COC)Nc1ccc(CN2CCOCC2)cc1. The maximum Gasteiger partial charge on any atom is 0.0663 e. The normalized spacial score (nSPS) is 17.9. The summed E-state index contributed by atoms with van der Waals surface area (Å²) >= 11 is 0. The molecule has 1 aromatic carbocycles. The molecule has 1 heterocycles. The summed E-state index contributed by atoms with van der Waals surface area (Å²) in [6.45, 7) is 7.70. The van der Waals surface area contributed by atoms with Gasteiger partial charge in [0.15, 0.2) is 0 Å². The molecular formula is C16H26N2O2. The Balaban J connectivity index is 1.85. The van der Waals surface area contributed by atoms with Gasteiger partial charge in [0.2, 0.25) is 0 Å². The van der Waals surface area contributed by atoms with Crippen molar-refractivity contribution in [2.24, 2.45) is 0 Å². The molecular weight excluding hydrogens is 252 g/mol. The first-order valence-corrected chi connectivity index (χ1v) is 7.46. The Morgan fingerprint density at radius 1 is 1.25 bits per heavy atom. The Morgan fingerprint density at radius 2 is 1.95 bits per heavy atom. The zero-order chi connectivity index (χ0) is 14.2. The number of rotatable bonds is 7. The van der Waals surface area contributed by atoms with E-state index in [0.717, 1.165) is 45.9 Å². The average molecular weight is 278 g/mol. The minimum atomic E-state index is 0.380. The van der Waals surface area contributed by atoms with E-state index in [9.17, 15) is 0 Å². The van der Waals surface area contributed by atoms with Crippen molar-refractivity contribution in [2.45, 2.75) is 25.9 Å². The highest BCUT2D eigenvalue weighted by Crippen LogP contribution is 2.14. The van der Waals surface area contributed by atoms with Crippen LogP contribution in [0.15, 0.2) is 24.3 Å². The molecule has 1 fully saturated rings. The third-order valence-electron chi connectivity index (χ3n) is 3.70. The van der Waals surface area contributed by atoms with E-state index in [1.54, 1.807) is 7.11 Å². The van der Waals surface area contributed by atoms with Gasteiger partial charge in [0.05, 0.1) is 19.8 Å². The molecule has 0 spiro atoms. The minimum absolute atomic E-state index is 0.380. The molecule has 0 aliphatic carbocycles. The van der Waals surface area contributed by atoms with Gasteiger partial charge in [-0.3, -0.25) is 4.90 Å². The van der Waals surface area contributed by atoms with Gasteiger partial charge in [-0.25, -0.2) is 0 Å². The second kappa shape index (κ2) is 8.25. The molecule has 1 N–H and O–H groups in total. The van der Waals surface area contributed by atoms with Crippen molar-refractivity contribution < 1.29 is 9.47 Å². The Labute approximate surface area is 122 Å². The fourth-order valence-electron chi connectivity index (χ4n) is 2.42. The van der Waals surface area contributed by atoms with Crippen molar-refractivity contribution in [2.75, 3.05) is 45.3 Å². The summed E-state index contributed by atoms with van der Waals surface area (Å²) in [5, 5.41) is 3.50. The van der Waals surface area contributed by atoms with Crippen LogP contribution < -0.4 is 5.32 Å². The molecule has 1 aliphatic heterocycles. The lowest BCUT2D eigenvalue weighted by Gasteiger charge is -2.26. The van der Waals surface area contributed by atoms with Gasteiger partial charge in [-0.05, 0) is 24.1 Å². The number of nitrogens with zero attached hydrogens (tertiary/aromatic N) is 1. The molecule has 20 heavy (non-hydrogen) atoms. The molecule has 1 aliphatic rings. The van der Waals surface area contributed by atoms with E-state index in [1.807, 2.05) is 0 Å². The highest BCUT2D eigenvalue weighted by molar-refractivity contribution is 5.45. The highest BCUT2D eigenvalue weighted by Gasteiger charge is 2.10. The predicted molar refractivity (Wildman–Crippen MR) is 82.1 cm³/mol. The summed E-state index contributed by atoms with van der Waals surface area (Å²) in [6, 6.07) is 9.11. The monoisotopic (exact) mass is 278 g/mol. The lowest BCUT2D eigenvalue weighted by atomic mass is 10.1. The van der Waals surface area contributed by atoms with E-state index in [4.69, 9.17) is 9.47 Å². The van der Waals surface area contributed by atoms with Crippen LogP contribution in [0.3, 0.4) is 0 Å². The second-order valence-electron chi connectivity index (χ2n) is 5.29. The summed E-state index contributed by atoms with van der Waals surface area (Å²) in [6.07, 6.45) is 1.06. The van der Waals surface area contributed by atoms with Gasteiger partial charge < -0.3 is 14.8 Å². The van der Waals surface area contributed by atoms with E-state index >= 15 is 0 Å². The Kier molecular flexibility index (Phi) is 6.30. The van der Waals surface area contributed by atoms with Crippen LogP contribution in [0.4, 0.5) is 5.69 Å². The molecule has 4 nitrogen and oxygen atoms in total. The minimum Gasteiger partial charge on any atom is -0.383 e. The fraction of sp³-hybridized carbons (Fsp3) is 0.625. The van der Waals surface area contributed by atoms with Crippen LogP contribution in [-0.4, -0.2) is 51.0 Å². The van der Waals surface area contributed by atoms with Crippen LogP contribution in [0, 0.1) is 0 Å². The molecule has 1 atom stereocenters. The molecule has 1 aromatic rings. The number of anilines is 1. The fourth-order valence-corrected chi connectivity index (χ4v) is 2.42. The van der Waals surface area contributed by atoms with Crippen molar-refractivity contribution in [3.63, 3.8) is 0 Å². The standard InChI is InChI=1S/C16H26N2O2/c1-3-15(13-19-2)17-16-6-4-14(5-7-16)12-18-8-10-20-11-9-18/h4-7,15,17H,3,8-13H2,1-2H3. The molecule has 2 rings (SSSR count). The molecule has 0 aromatic heterocycles. The number of methoxy groups -OCH3 is 1. The third-order valence-corrected chi connectivity index (χ3v) is 3.70. The van der Waals surface area contributed by atoms with Crippen molar-refractivity contribution in [1.29, 1.82) is 0 Å². The highest BCUT2D eigenvalue weighted by atomic mass is 16.5. The number of morpholine rings is 1. The smallest absolute Gasteiger partial charge is 0.0663 e. The number of benzene rings is 1. The van der Waals surface area contributed by atoms with Crippen molar-refractivity contribution in [1.82, 2.24) is 4.90 Å². The molecule has 1 unspecified atom stereocenters. The quantitative estimate of drug-likeness (QED) is 0.830. The van der Waals surface area contributed by atoms with Crippen LogP contribution in [-0.2, 0) is 16.0 Å². The van der Waals surface area contributed by atoms with E-state index in [-0.39, 0.29) is 0 Å². The van der Waals surface area contributed by atoms with Crippen molar-refractivity contribution >= 4 is 5.69 Å². The molecule has 4 heteroatoms. The molecule has 1 saturated heterocycles. The van der Waals surface area contributed by atoms with Gasteiger partial charge in [-0.2, -0.15) is 0 Å². The van der Waals surface area contributed by atoms with Gasteiger partial charge in [0.1, 0.15) is 0 Å². The summed E-state index contributed by atoms with van der Waals surface area (Å²) in [7, 11) is 1.75. The molecule has 0 saturated carbocycles. The summed E-state index contributed by atoms with van der Waals surface area (Å²) < 4.78 is 10.6. The Bertz CT molecular complexity index is 349. The lowest BCUT2D eigenvalue weighted by molar-refractivity contribution is 0.0342. The van der Waals surface area contributed by atoms with Crippen LogP contribution >= 0.6 is 0 Å². The van der Waals surface area contributed by atoms with Gasteiger partial charge >= 0.3 is 0 Å². The van der Waals surface area contributed by atoms with E-state index in [0.29, 0.717) is 6.04 Å². The largest absolute Gasteiger partial charge is 0.383 e. The molecule has 0 amide bonds. The zero-order valence-corrected chi connectivity index (χ0v) is 12.6. The van der Waals surface area contributed by atoms with Crippen LogP contribution in [0.2, 0.25) is 0 Å².